The Labute approximate surface area is 184 Å². The zero-order chi connectivity index (χ0) is 21.7. The molecular formula is C20H24Cl2N6O2. The molecule has 160 valence electrons. The van der Waals surface area contributed by atoms with E-state index in [1.165, 1.54) is 6.33 Å². The number of aliphatic hydroxyl groups excluding tert-OH is 1. The van der Waals surface area contributed by atoms with Crippen LogP contribution in [0.4, 0.5) is 5.82 Å². The molecule has 0 aliphatic carbocycles. The Morgan fingerprint density at radius 1 is 1.27 bits per heavy atom. The molecule has 3 heterocycles. The number of hydrogen-bond acceptors (Lipinski definition) is 7. The van der Waals surface area contributed by atoms with Crippen LogP contribution in [0.2, 0.25) is 10.0 Å². The maximum Gasteiger partial charge on any atom is 0.164 e. The van der Waals surface area contributed by atoms with Gasteiger partial charge in [-0.25, -0.2) is 14.6 Å². The van der Waals surface area contributed by atoms with Gasteiger partial charge in [0, 0.05) is 30.1 Å². The second-order valence-electron chi connectivity index (χ2n) is 7.65. The van der Waals surface area contributed by atoms with Crippen molar-refractivity contribution in [2.45, 2.75) is 39.0 Å². The van der Waals surface area contributed by atoms with Crippen LogP contribution in [0, 0.1) is 6.92 Å². The maximum atomic E-state index is 9.81. The molecule has 4 rings (SSSR count). The third-order valence-corrected chi connectivity index (χ3v) is 6.60. The summed E-state index contributed by atoms with van der Waals surface area (Å²) < 4.78 is 7.63. The zero-order valence-corrected chi connectivity index (χ0v) is 18.7. The van der Waals surface area contributed by atoms with Crippen molar-refractivity contribution in [1.29, 1.82) is 0 Å². The Bertz CT molecular complexity index is 1110. The second kappa shape index (κ2) is 7.85. The third-order valence-electron chi connectivity index (χ3n) is 5.80. The van der Waals surface area contributed by atoms with Gasteiger partial charge in [-0.05, 0) is 26.8 Å². The van der Waals surface area contributed by atoms with Gasteiger partial charge in [0.25, 0.3) is 0 Å². The fourth-order valence-corrected chi connectivity index (χ4v) is 4.64. The second-order valence-corrected chi connectivity index (χ2v) is 8.44. The lowest BCUT2D eigenvalue weighted by molar-refractivity contribution is -0.0334. The summed E-state index contributed by atoms with van der Waals surface area (Å²) in [4.78, 5) is 10.4. The molecule has 1 fully saturated rings. The van der Waals surface area contributed by atoms with Crippen molar-refractivity contribution in [3.8, 4) is 5.75 Å². The monoisotopic (exact) mass is 450 g/mol. The number of ether oxygens (including phenoxy) is 1. The van der Waals surface area contributed by atoms with Crippen LogP contribution < -0.4 is 10.5 Å². The van der Waals surface area contributed by atoms with Crippen LogP contribution >= 0.6 is 23.2 Å². The number of anilines is 1. The molecule has 0 amide bonds. The van der Waals surface area contributed by atoms with Gasteiger partial charge in [-0.1, -0.05) is 23.2 Å². The van der Waals surface area contributed by atoms with E-state index < -0.39 is 6.23 Å². The molecule has 2 atom stereocenters. The summed E-state index contributed by atoms with van der Waals surface area (Å²) >= 11 is 13.1. The van der Waals surface area contributed by atoms with Crippen molar-refractivity contribution < 1.29 is 9.84 Å². The van der Waals surface area contributed by atoms with Gasteiger partial charge >= 0.3 is 0 Å². The number of aryl methyl sites for hydroxylation is 1. The van der Waals surface area contributed by atoms with Gasteiger partial charge in [-0.2, -0.15) is 5.10 Å². The first-order valence-electron chi connectivity index (χ1n) is 9.67. The van der Waals surface area contributed by atoms with E-state index in [9.17, 15) is 5.11 Å². The fraction of sp³-hybridized carbons (Fsp3) is 0.450. The number of fused-ring (bicyclic) bond motifs is 1. The summed E-state index contributed by atoms with van der Waals surface area (Å²) in [6.07, 6.45) is 0.922. The van der Waals surface area contributed by atoms with Crippen LogP contribution in [0.5, 0.6) is 5.75 Å². The Morgan fingerprint density at radius 2 is 1.97 bits per heavy atom. The molecule has 1 aliphatic heterocycles. The first-order chi connectivity index (χ1) is 14.2. The van der Waals surface area contributed by atoms with E-state index in [1.807, 2.05) is 24.8 Å². The van der Waals surface area contributed by atoms with Crippen LogP contribution in [0.15, 0.2) is 12.4 Å². The number of halogens is 2. The predicted octanol–water partition coefficient (Wildman–Crippen LogP) is 3.38. The zero-order valence-electron chi connectivity index (χ0n) is 17.2. The van der Waals surface area contributed by atoms with E-state index >= 15 is 0 Å². The van der Waals surface area contributed by atoms with Crippen LogP contribution in [0.3, 0.4) is 0 Å². The van der Waals surface area contributed by atoms with E-state index in [0.29, 0.717) is 40.3 Å². The van der Waals surface area contributed by atoms with Gasteiger partial charge in [-0.15, -0.1) is 0 Å². The Morgan fingerprint density at radius 3 is 2.60 bits per heavy atom. The van der Waals surface area contributed by atoms with Gasteiger partial charge in [0.1, 0.15) is 24.1 Å². The van der Waals surface area contributed by atoms with Crippen LogP contribution in [-0.4, -0.2) is 56.2 Å². The lowest BCUT2D eigenvalue weighted by atomic mass is 9.88. The molecule has 3 aromatic rings. The van der Waals surface area contributed by atoms with E-state index in [1.54, 1.807) is 18.7 Å². The molecule has 0 unspecified atom stereocenters. The molecule has 1 aliphatic rings. The lowest BCUT2D eigenvalue weighted by Crippen LogP contribution is -2.49. The molecular weight excluding hydrogens is 427 g/mol. The lowest BCUT2D eigenvalue weighted by Gasteiger charge is -2.42. The van der Waals surface area contributed by atoms with Crippen LogP contribution in [0.25, 0.3) is 11.0 Å². The van der Waals surface area contributed by atoms with Crippen molar-refractivity contribution in [2.24, 2.45) is 0 Å². The highest BCUT2D eigenvalue weighted by atomic mass is 35.5. The van der Waals surface area contributed by atoms with Crippen molar-refractivity contribution in [1.82, 2.24) is 24.6 Å². The minimum atomic E-state index is -0.507. The summed E-state index contributed by atoms with van der Waals surface area (Å²) in [6, 6.07) is 1.57. The van der Waals surface area contributed by atoms with Crippen molar-refractivity contribution in [3.05, 3.63) is 39.3 Å². The number of nitrogens with zero attached hydrogens (tertiary/aromatic N) is 5. The minimum Gasteiger partial charge on any atom is -0.496 e. The molecule has 30 heavy (non-hydrogen) atoms. The Kier molecular flexibility index (Phi) is 5.52. The topological polar surface area (TPSA) is 102 Å². The first kappa shape index (κ1) is 21.1. The number of rotatable bonds is 5. The van der Waals surface area contributed by atoms with Crippen molar-refractivity contribution in [2.75, 3.05) is 25.9 Å². The number of likely N-dealkylation sites (tertiary alicyclic amines) is 1. The third kappa shape index (κ3) is 3.28. The predicted molar refractivity (Wildman–Crippen MR) is 117 cm³/mol. The average Bonchev–Trinajstić information content (AvgIpc) is 3.00. The largest absolute Gasteiger partial charge is 0.496 e. The molecule has 0 spiro atoms. The fourth-order valence-electron chi connectivity index (χ4n) is 4.12. The summed E-state index contributed by atoms with van der Waals surface area (Å²) in [5, 5.41) is 16.1. The summed E-state index contributed by atoms with van der Waals surface area (Å²) in [5.41, 5.74) is 9.14. The molecule has 1 saturated heterocycles. The summed E-state index contributed by atoms with van der Waals surface area (Å²) in [6.45, 7) is 6.98. The standard InChI is InChI=1S/C20H24Cl2N6O2/c1-9-15-19(23)24-8-25-20(15)28(26-9)10(2)13-5-14(21)17(22)16(18(13)30-4)12-6-27(7-12)11(3)29/h5,8,10-12,29H,6-7H2,1-4H3,(H2,23,24,25)/t10-,11+/m1/s1. The number of hydrogen-bond donors (Lipinski definition) is 2. The van der Waals surface area contributed by atoms with E-state index in [2.05, 4.69) is 15.1 Å². The smallest absolute Gasteiger partial charge is 0.164 e. The molecule has 0 bridgehead atoms. The van der Waals surface area contributed by atoms with Gasteiger partial charge in [0.05, 0.1) is 34.3 Å². The van der Waals surface area contributed by atoms with Gasteiger partial charge in [-0.3, -0.25) is 4.90 Å². The van der Waals surface area contributed by atoms with Crippen molar-refractivity contribution >= 4 is 40.1 Å². The quantitative estimate of drug-likeness (QED) is 0.613. The van der Waals surface area contributed by atoms with E-state index in [4.69, 9.17) is 33.7 Å². The molecule has 1 aromatic carbocycles. The van der Waals surface area contributed by atoms with Crippen LogP contribution in [-0.2, 0) is 0 Å². The Balaban J connectivity index is 1.83. The van der Waals surface area contributed by atoms with Gasteiger partial charge in [0.15, 0.2) is 5.65 Å². The number of nitrogens with two attached hydrogens (primary N) is 1. The van der Waals surface area contributed by atoms with Crippen molar-refractivity contribution in [3.63, 3.8) is 0 Å². The number of nitrogen functional groups attached to an aromatic ring is 1. The SMILES string of the molecule is COc1c([C@@H](C)n2nc(C)c3c(N)ncnc32)cc(Cl)c(Cl)c1C1CN([C@H](C)O)C1. The maximum absolute atomic E-state index is 9.81. The molecule has 8 nitrogen and oxygen atoms in total. The summed E-state index contributed by atoms with van der Waals surface area (Å²) in [7, 11) is 1.62. The molecule has 3 N–H and O–H groups in total. The number of aliphatic hydroxyl groups is 1. The highest BCUT2D eigenvalue weighted by molar-refractivity contribution is 6.42. The molecule has 10 heteroatoms. The normalized spacial score (nSPS) is 17.2. The molecule has 0 radical (unpaired) electrons. The van der Waals surface area contributed by atoms with E-state index in [0.717, 1.165) is 22.2 Å². The molecule has 2 aromatic heterocycles. The first-order valence-corrected chi connectivity index (χ1v) is 10.4. The number of methoxy groups -OCH3 is 1. The highest BCUT2D eigenvalue weighted by Gasteiger charge is 2.36. The minimum absolute atomic E-state index is 0.112. The van der Waals surface area contributed by atoms with Gasteiger partial charge < -0.3 is 15.6 Å². The summed E-state index contributed by atoms with van der Waals surface area (Å²) in [5.74, 6) is 1.18. The number of aromatic nitrogens is 4. The van der Waals surface area contributed by atoms with Gasteiger partial charge in [0.2, 0.25) is 0 Å². The Hall–Kier alpha value is -2.13. The highest BCUT2D eigenvalue weighted by Crippen LogP contribution is 2.46. The average molecular weight is 451 g/mol. The van der Waals surface area contributed by atoms with E-state index in [-0.39, 0.29) is 12.0 Å². The molecule has 0 saturated carbocycles. The van der Waals surface area contributed by atoms with Crippen LogP contribution in [0.1, 0.15) is 42.6 Å². The number of benzene rings is 1.